The lowest BCUT2D eigenvalue weighted by molar-refractivity contribution is -0.277. The molecular formula is C23H28O9. The molecule has 1 fully saturated rings. The highest BCUT2D eigenvalue weighted by atomic mass is 16.7. The molecule has 5 N–H and O–H groups in total. The summed E-state index contributed by atoms with van der Waals surface area (Å²) in [6, 6.07) is 1.20. The predicted octanol–water partition coefficient (Wildman–Crippen LogP) is 0.649. The molecule has 1 aromatic rings. The molecule has 9 heteroatoms. The van der Waals surface area contributed by atoms with Crippen LogP contribution in [-0.2, 0) is 15.9 Å². The smallest absolute Gasteiger partial charge is 0.342 e. The van der Waals surface area contributed by atoms with Crippen LogP contribution in [0, 0.1) is 6.92 Å². The van der Waals surface area contributed by atoms with E-state index in [0.29, 0.717) is 17.5 Å². The topological polar surface area (TPSA) is 146 Å². The summed E-state index contributed by atoms with van der Waals surface area (Å²) in [5, 5.41) is 49.9. The molecule has 0 amide bonds. The molecule has 0 saturated carbocycles. The Hall–Kier alpha value is -2.69. The number of ether oxygens (including phenoxy) is 3. The van der Waals surface area contributed by atoms with E-state index in [1.165, 1.54) is 6.07 Å². The first-order valence-corrected chi connectivity index (χ1v) is 10.3. The zero-order valence-electron chi connectivity index (χ0n) is 17.8. The molecule has 3 rings (SSSR count). The van der Waals surface area contributed by atoms with Crippen molar-refractivity contribution in [1.82, 2.24) is 0 Å². The first-order chi connectivity index (χ1) is 15.3. The highest BCUT2D eigenvalue weighted by molar-refractivity contribution is 5.96. The van der Waals surface area contributed by atoms with E-state index in [9.17, 15) is 30.3 Å². The van der Waals surface area contributed by atoms with Gasteiger partial charge in [-0.05, 0) is 31.1 Å². The molecule has 32 heavy (non-hydrogen) atoms. The van der Waals surface area contributed by atoms with E-state index >= 15 is 0 Å². The second-order valence-electron chi connectivity index (χ2n) is 7.63. The molecule has 174 valence electrons. The fourth-order valence-corrected chi connectivity index (χ4v) is 3.63. The maximum Gasteiger partial charge on any atom is 0.342 e. The largest absolute Gasteiger partial charge is 0.508 e. The third kappa shape index (κ3) is 4.87. The number of fused-ring (bicyclic) bond motifs is 1. The van der Waals surface area contributed by atoms with Crippen LogP contribution in [-0.4, -0.2) is 74.9 Å². The Labute approximate surface area is 185 Å². The second kappa shape index (κ2) is 10.3. The monoisotopic (exact) mass is 448 g/mol. The first kappa shape index (κ1) is 24.0. The first-order valence-electron chi connectivity index (χ1n) is 10.3. The molecule has 1 saturated heterocycles. The minimum absolute atomic E-state index is 0.0753. The maximum absolute atomic E-state index is 12.8. The number of hydrogen-bond donors (Lipinski definition) is 5. The number of aliphatic hydroxyl groups is 4. The van der Waals surface area contributed by atoms with E-state index in [2.05, 4.69) is 0 Å². The van der Waals surface area contributed by atoms with Crippen LogP contribution in [0.1, 0.15) is 28.4 Å². The van der Waals surface area contributed by atoms with Crippen molar-refractivity contribution in [3.63, 3.8) is 0 Å². The number of phenolic OH excluding ortho intramolecular Hbond substituents is 1. The molecule has 0 radical (unpaired) electrons. The van der Waals surface area contributed by atoms with Crippen LogP contribution in [0.3, 0.4) is 0 Å². The third-order valence-electron chi connectivity index (χ3n) is 5.46. The van der Waals surface area contributed by atoms with E-state index in [-0.39, 0.29) is 17.1 Å². The SMILES string of the molecule is CC=CC=CC=CC1Cc2c(C)c(O)cc(OC3OC(CO)C(O)C(O)C3O)c2C(=O)O1. The number of aliphatic hydroxyl groups excluding tert-OH is 4. The molecule has 9 nitrogen and oxygen atoms in total. The van der Waals surface area contributed by atoms with E-state index in [1.807, 2.05) is 25.2 Å². The Morgan fingerprint density at radius 3 is 2.53 bits per heavy atom. The molecule has 0 aromatic heterocycles. The number of allylic oxidation sites excluding steroid dienone is 5. The van der Waals surface area contributed by atoms with Crippen molar-refractivity contribution in [2.75, 3.05) is 6.61 Å². The van der Waals surface area contributed by atoms with Crippen LogP contribution in [0.5, 0.6) is 11.5 Å². The number of hydrogen-bond acceptors (Lipinski definition) is 9. The van der Waals surface area contributed by atoms with Gasteiger partial charge in [-0.1, -0.05) is 30.4 Å². The summed E-state index contributed by atoms with van der Waals surface area (Å²) in [4.78, 5) is 12.8. The molecule has 2 aliphatic heterocycles. The summed E-state index contributed by atoms with van der Waals surface area (Å²) in [7, 11) is 0. The van der Waals surface area contributed by atoms with Gasteiger partial charge in [0.1, 0.15) is 47.6 Å². The molecule has 2 aliphatic rings. The highest BCUT2D eigenvalue weighted by Crippen LogP contribution is 2.38. The Morgan fingerprint density at radius 1 is 1.12 bits per heavy atom. The summed E-state index contributed by atoms with van der Waals surface area (Å²) in [5.74, 6) is -0.914. The van der Waals surface area contributed by atoms with Crippen molar-refractivity contribution in [3.05, 3.63) is 59.2 Å². The third-order valence-corrected chi connectivity index (χ3v) is 5.46. The van der Waals surface area contributed by atoms with Gasteiger partial charge in [-0.25, -0.2) is 4.79 Å². The molecule has 1 aromatic carbocycles. The minimum atomic E-state index is -1.66. The van der Waals surface area contributed by atoms with Crippen molar-refractivity contribution < 1.29 is 44.5 Å². The number of phenols is 1. The molecular weight excluding hydrogens is 420 g/mol. The Balaban J connectivity index is 1.88. The fraction of sp³-hybridized carbons (Fsp3) is 0.435. The standard InChI is InChI=1S/C23H28O9/c1-3-4-5-6-7-8-13-9-14-12(2)15(25)10-16(18(14)22(29)30-13)31-23-21(28)20(27)19(26)17(11-24)32-23/h3-8,10,13,17,19-21,23-28H,9,11H2,1-2H3. The van der Waals surface area contributed by atoms with Gasteiger partial charge in [-0.15, -0.1) is 0 Å². The van der Waals surface area contributed by atoms with E-state index < -0.39 is 49.4 Å². The number of carbonyl (C=O) groups excluding carboxylic acids is 1. The van der Waals surface area contributed by atoms with Crippen LogP contribution in [0.25, 0.3) is 0 Å². The highest BCUT2D eigenvalue weighted by Gasteiger charge is 2.45. The summed E-state index contributed by atoms with van der Waals surface area (Å²) >= 11 is 0. The van der Waals surface area contributed by atoms with E-state index in [1.54, 1.807) is 25.2 Å². The zero-order valence-corrected chi connectivity index (χ0v) is 17.8. The average molecular weight is 448 g/mol. The molecule has 0 bridgehead atoms. The molecule has 0 spiro atoms. The van der Waals surface area contributed by atoms with Crippen molar-refractivity contribution in [3.8, 4) is 11.5 Å². The van der Waals surface area contributed by atoms with Gasteiger partial charge in [0.15, 0.2) is 0 Å². The van der Waals surface area contributed by atoms with Crippen molar-refractivity contribution in [2.45, 2.75) is 57.1 Å². The number of aromatic hydroxyl groups is 1. The predicted molar refractivity (Wildman–Crippen MR) is 113 cm³/mol. The van der Waals surface area contributed by atoms with Crippen LogP contribution in [0.2, 0.25) is 0 Å². The van der Waals surface area contributed by atoms with Gasteiger partial charge < -0.3 is 39.7 Å². The van der Waals surface area contributed by atoms with Gasteiger partial charge in [0.2, 0.25) is 6.29 Å². The Kier molecular flexibility index (Phi) is 7.70. The normalized spacial score (nSPS) is 30.8. The zero-order chi connectivity index (χ0) is 23.4. The van der Waals surface area contributed by atoms with Gasteiger partial charge in [0, 0.05) is 12.5 Å². The number of carbonyl (C=O) groups is 1. The number of benzene rings is 1. The van der Waals surface area contributed by atoms with Crippen LogP contribution in [0.4, 0.5) is 0 Å². The molecule has 6 atom stereocenters. The quantitative estimate of drug-likeness (QED) is 0.313. The minimum Gasteiger partial charge on any atom is -0.508 e. The van der Waals surface area contributed by atoms with Gasteiger partial charge in [-0.2, -0.15) is 0 Å². The maximum atomic E-state index is 12.8. The second-order valence-corrected chi connectivity index (χ2v) is 7.63. The summed E-state index contributed by atoms with van der Waals surface area (Å²) in [6.45, 7) is 2.94. The lowest BCUT2D eigenvalue weighted by Crippen LogP contribution is -2.60. The molecule has 0 aliphatic carbocycles. The van der Waals surface area contributed by atoms with Gasteiger partial charge >= 0.3 is 5.97 Å². The van der Waals surface area contributed by atoms with E-state index in [0.717, 1.165) is 0 Å². The molecule has 2 heterocycles. The number of cyclic esters (lactones) is 1. The van der Waals surface area contributed by atoms with Crippen LogP contribution >= 0.6 is 0 Å². The van der Waals surface area contributed by atoms with E-state index in [4.69, 9.17) is 14.2 Å². The van der Waals surface area contributed by atoms with Gasteiger partial charge in [-0.3, -0.25) is 0 Å². The van der Waals surface area contributed by atoms with Crippen molar-refractivity contribution >= 4 is 5.97 Å². The Morgan fingerprint density at radius 2 is 1.84 bits per heavy atom. The average Bonchev–Trinajstić information content (AvgIpc) is 2.77. The summed E-state index contributed by atoms with van der Waals surface area (Å²) < 4.78 is 16.5. The van der Waals surface area contributed by atoms with Crippen LogP contribution < -0.4 is 4.74 Å². The lowest BCUT2D eigenvalue weighted by atomic mass is 9.92. The number of esters is 1. The van der Waals surface area contributed by atoms with Crippen molar-refractivity contribution in [2.24, 2.45) is 0 Å². The van der Waals surface area contributed by atoms with Crippen molar-refractivity contribution in [1.29, 1.82) is 0 Å². The fourth-order valence-electron chi connectivity index (χ4n) is 3.63. The molecule has 6 unspecified atom stereocenters. The lowest BCUT2D eigenvalue weighted by Gasteiger charge is -2.40. The summed E-state index contributed by atoms with van der Waals surface area (Å²) in [5.41, 5.74) is 1.08. The Bertz CT molecular complexity index is 919. The van der Waals surface area contributed by atoms with Gasteiger partial charge in [0.05, 0.1) is 6.61 Å². The van der Waals surface area contributed by atoms with Gasteiger partial charge in [0.25, 0.3) is 0 Å². The number of rotatable bonds is 6. The summed E-state index contributed by atoms with van der Waals surface area (Å²) in [6.07, 6.45) is 3.07. The van der Waals surface area contributed by atoms with Crippen LogP contribution in [0.15, 0.2) is 42.5 Å².